The van der Waals surface area contributed by atoms with Crippen LogP contribution in [0.5, 0.6) is 0 Å². The summed E-state index contributed by atoms with van der Waals surface area (Å²) < 4.78 is 0. The summed E-state index contributed by atoms with van der Waals surface area (Å²) in [5, 5.41) is 4.79. The van der Waals surface area contributed by atoms with Gasteiger partial charge in [0.15, 0.2) is 6.17 Å². The van der Waals surface area contributed by atoms with Crippen molar-refractivity contribution in [2.24, 2.45) is 5.73 Å². The van der Waals surface area contributed by atoms with E-state index in [0.717, 1.165) is 12.4 Å². The molecule has 2 aliphatic rings. The molecule has 2 rings (SSSR count). The molecule has 0 aromatic rings. The molecule has 0 aromatic heterocycles. The van der Waals surface area contributed by atoms with Crippen LogP contribution in [0.25, 0.3) is 0 Å². The monoisotopic (exact) mass is 166 g/mol. The van der Waals surface area contributed by atoms with Crippen molar-refractivity contribution in [3.05, 3.63) is 24.0 Å². The lowest BCUT2D eigenvalue weighted by Gasteiger charge is -2.18. The van der Waals surface area contributed by atoms with Gasteiger partial charge in [-0.05, 0) is 6.08 Å². The Labute approximate surface area is 69.9 Å². The molecule has 64 valence electrons. The normalized spacial score (nSPS) is 26.2. The molecule has 0 radical (unpaired) electrons. The molecule has 5 nitrogen and oxygen atoms in total. The Morgan fingerprint density at radius 1 is 1.75 bits per heavy atom. The minimum absolute atomic E-state index is 0.398. The second-order valence-electron chi connectivity index (χ2n) is 2.70. The second kappa shape index (κ2) is 2.53. The minimum atomic E-state index is -0.476. The van der Waals surface area contributed by atoms with Crippen LogP contribution in [0.2, 0.25) is 0 Å². The first-order chi connectivity index (χ1) is 5.77. The summed E-state index contributed by atoms with van der Waals surface area (Å²) in [5.41, 5.74) is 8.03. The van der Waals surface area contributed by atoms with E-state index in [4.69, 9.17) is 5.73 Å². The number of hydrazine groups is 1. The summed E-state index contributed by atoms with van der Waals surface area (Å²) in [6.45, 7) is 0.753. The molecule has 2 aliphatic heterocycles. The second-order valence-corrected chi connectivity index (χ2v) is 2.70. The van der Waals surface area contributed by atoms with Crippen LogP contribution in [0.4, 0.5) is 0 Å². The summed E-state index contributed by atoms with van der Waals surface area (Å²) in [7, 11) is 0. The van der Waals surface area contributed by atoms with Crippen LogP contribution in [0.3, 0.4) is 0 Å². The van der Waals surface area contributed by atoms with Crippen molar-refractivity contribution in [2.75, 3.05) is 6.54 Å². The van der Waals surface area contributed by atoms with Gasteiger partial charge < -0.3 is 11.1 Å². The molecular formula is C7H10N4O. The van der Waals surface area contributed by atoms with Crippen molar-refractivity contribution in [3.63, 3.8) is 0 Å². The highest BCUT2D eigenvalue weighted by molar-refractivity contribution is 5.80. The Morgan fingerprint density at radius 3 is 3.25 bits per heavy atom. The molecule has 4 N–H and O–H groups in total. The van der Waals surface area contributed by atoms with Gasteiger partial charge in [0.25, 0.3) is 5.91 Å². The number of primary amides is 1. The number of amides is 1. The summed E-state index contributed by atoms with van der Waals surface area (Å²) in [6.07, 6.45) is 5.33. The van der Waals surface area contributed by atoms with E-state index in [1.54, 1.807) is 0 Å². The smallest absolute Gasteiger partial charge is 0.256 e. The number of fused-ring (bicyclic) bond motifs is 1. The van der Waals surface area contributed by atoms with Crippen molar-refractivity contribution >= 4 is 5.91 Å². The van der Waals surface area contributed by atoms with Crippen molar-refractivity contribution in [1.82, 2.24) is 15.8 Å². The van der Waals surface area contributed by atoms with Gasteiger partial charge in [0, 0.05) is 0 Å². The van der Waals surface area contributed by atoms with Gasteiger partial charge in [-0.1, -0.05) is 12.2 Å². The highest BCUT2D eigenvalue weighted by Crippen LogP contribution is 2.10. The zero-order valence-electron chi connectivity index (χ0n) is 6.45. The number of nitrogens with zero attached hydrogens (tertiary/aromatic N) is 1. The van der Waals surface area contributed by atoms with Gasteiger partial charge in [-0.2, -0.15) is 0 Å². The molecule has 5 heteroatoms. The van der Waals surface area contributed by atoms with Crippen LogP contribution in [0.15, 0.2) is 24.0 Å². The molecule has 1 unspecified atom stereocenters. The zero-order chi connectivity index (χ0) is 8.55. The predicted molar refractivity (Wildman–Crippen MR) is 43.2 cm³/mol. The van der Waals surface area contributed by atoms with Crippen LogP contribution in [0, 0.1) is 0 Å². The molecule has 0 saturated carbocycles. The van der Waals surface area contributed by atoms with Crippen LogP contribution in [-0.2, 0) is 4.79 Å². The van der Waals surface area contributed by atoms with Crippen LogP contribution >= 0.6 is 0 Å². The number of allylic oxidation sites excluding steroid dienone is 2. The van der Waals surface area contributed by atoms with E-state index in [0.29, 0.717) is 0 Å². The standard InChI is InChI=1S/C7H10N4O/c8-6(12)7-9-5-3-1-2-4-11(5)10-7/h1-3,7,9-10H,4H2,(H2,8,12). The summed E-state index contributed by atoms with van der Waals surface area (Å²) in [6, 6.07) is 0. The number of carbonyl (C=O) groups is 1. The van der Waals surface area contributed by atoms with Gasteiger partial charge in [0.2, 0.25) is 0 Å². The van der Waals surface area contributed by atoms with E-state index in [9.17, 15) is 4.79 Å². The fourth-order valence-electron chi connectivity index (χ4n) is 1.23. The fourth-order valence-corrected chi connectivity index (χ4v) is 1.23. The topological polar surface area (TPSA) is 70.4 Å². The molecule has 1 atom stereocenters. The number of nitrogens with one attached hydrogen (secondary N) is 2. The quantitative estimate of drug-likeness (QED) is 0.449. The lowest BCUT2D eigenvalue weighted by atomic mass is 10.3. The average Bonchev–Trinajstić information content (AvgIpc) is 2.46. The van der Waals surface area contributed by atoms with E-state index < -0.39 is 12.1 Å². The fraction of sp³-hybridized carbons (Fsp3) is 0.286. The Kier molecular flexibility index (Phi) is 1.51. The lowest BCUT2D eigenvalue weighted by molar-refractivity contribution is -0.120. The maximum absolute atomic E-state index is 10.8. The van der Waals surface area contributed by atoms with Gasteiger partial charge in [-0.15, -0.1) is 0 Å². The van der Waals surface area contributed by atoms with Crippen molar-refractivity contribution < 1.29 is 4.79 Å². The van der Waals surface area contributed by atoms with E-state index in [1.807, 2.05) is 23.2 Å². The first-order valence-electron chi connectivity index (χ1n) is 3.74. The number of hydrogen-bond donors (Lipinski definition) is 3. The van der Waals surface area contributed by atoms with E-state index >= 15 is 0 Å². The van der Waals surface area contributed by atoms with E-state index in [-0.39, 0.29) is 0 Å². The highest BCUT2D eigenvalue weighted by atomic mass is 16.2. The minimum Gasteiger partial charge on any atom is -0.367 e. The predicted octanol–water partition coefficient (Wildman–Crippen LogP) is -1.38. The first kappa shape index (κ1) is 7.17. The first-order valence-corrected chi connectivity index (χ1v) is 3.74. The zero-order valence-corrected chi connectivity index (χ0v) is 6.45. The third-order valence-corrected chi connectivity index (χ3v) is 1.83. The number of nitrogens with two attached hydrogens (primary N) is 1. The van der Waals surface area contributed by atoms with Gasteiger partial charge in [0.05, 0.1) is 6.54 Å². The number of hydrogen-bond acceptors (Lipinski definition) is 4. The number of rotatable bonds is 1. The molecule has 1 saturated heterocycles. The Morgan fingerprint density at radius 2 is 2.58 bits per heavy atom. The van der Waals surface area contributed by atoms with Crippen molar-refractivity contribution in [2.45, 2.75) is 6.17 Å². The Hall–Kier alpha value is -1.49. The van der Waals surface area contributed by atoms with Crippen LogP contribution in [0.1, 0.15) is 0 Å². The van der Waals surface area contributed by atoms with Crippen molar-refractivity contribution in [3.8, 4) is 0 Å². The largest absolute Gasteiger partial charge is 0.367 e. The van der Waals surface area contributed by atoms with Crippen LogP contribution < -0.4 is 16.5 Å². The maximum Gasteiger partial charge on any atom is 0.256 e. The lowest BCUT2D eigenvalue weighted by Crippen LogP contribution is -2.46. The molecule has 1 fully saturated rings. The molecule has 2 heterocycles. The van der Waals surface area contributed by atoms with Gasteiger partial charge >= 0.3 is 0 Å². The molecule has 0 aliphatic carbocycles. The molecule has 0 spiro atoms. The molecule has 1 amide bonds. The van der Waals surface area contributed by atoms with Gasteiger partial charge in [0.1, 0.15) is 5.82 Å². The van der Waals surface area contributed by atoms with E-state index in [1.165, 1.54) is 0 Å². The van der Waals surface area contributed by atoms with Crippen LogP contribution in [-0.4, -0.2) is 23.6 Å². The summed E-state index contributed by atoms with van der Waals surface area (Å²) >= 11 is 0. The SMILES string of the molecule is NC(=O)C1NC2=CC=CCN2N1. The Balaban J connectivity index is 2.12. The molecule has 0 aromatic carbocycles. The maximum atomic E-state index is 10.8. The van der Waals surface area contributed by atoms with Gasteiger partial charge in [-0.25, -0.2) is 5.43 Å². The Bertz CT molecular complexity index is 271. The van der Waals surface area contributed by atoms with Crippen molar-refractivity contribution in [1.29, 1.82) is 0 Å². The number of carbonyl (C=O) groups excluding carboxylic acids is 1. The third kappa shape index (κ3) is 1.04. The third-order valence-electron chi connectivity index (χ3n) is 1.83. The molecular weight excluding hydrogens is 156 g/mol. The molecule has 12 heavy (non-hydrogen) atoms. The summed E-state index contributed by atoms with van der Waals surface area (Å²) in [5.74, 6) is 0.492. The highest BCUT2D eigenvalue weighted by Gasteiger charge is 2.28. The van der Waals surface area contributed by atoms with E-state index in [2.05, 4.69) is 10.7 Å². The van der Waals surface area contributed by atoms with Gasteiger partial charge in [-0.3, -0.25) is 9.80 Å². The summed E-state index contributed by atoms with van der Waals surface area (Å²) in [4.78, 5) is 10.8. The molecule has 0 bridgehead atoms. The average molecular weight is 166 g/mol.